The van der Waals surface area contributed by atoms with Crippen LogP contribution in [0.3, 0.4) is 0 Å². The molecule has 0 aliphatic heterocycles. The summed E-state index contributed by atoms with van der Waals surface area (Å²) in [7, 11) is 1.72. The SMILES string of the molecule is CNCC(=O)c1cc(C)cc(C(C)(C)C)c1O. The molecule has 0 aliphatic rings. The molecule has 0 spiro atoms. The van der Waals surface area contributed by atoms with E-state index >= 15 is 0 Å². The third-order valence-corrected chi connectivity index (χ3v) is 2.70. The van der Waals surface area contributed by atoms with Gasteiger partial charge in [-0.3, -0.25) is 4.79 Å². The lowest BCUT2D eigenvalue weighted by molar-refractivity contribution is 0.0990. The number of benzene rings is 1. The van der Waals surface area contributed by atoms with Crippen LogP contribution in [0.25, 0.3) is 0 Å². The summed E-state index contributed by atoms with van der Waals surface area (Å²) in [5, 5.41) is 13.0. The van der Waals surface area contributed by atoms with E-state index in [1.165, 1.54) is 0 Å². The molecule has 0 aromatic heterocycles. The first kappa shape index (κ1) is 13.7. The van der Waals surface area contributed by atoms with Crippen molar-refractivity contribution >= 4 is 5.78 Å². The average Bonchev–Trinajstić information content (AvgIpc) is 2.19. The zero-order chi connectivity index (χ0) is 13.2. The minimum absolute atomic E-state index is 0.0841. The Morgan fingerprint density at radius 1 is 1.35 bits per heavy atom. The highest BCUT2D eigenvalue weighted by molar-refractivity contribution is 6.00. The van der Waals surface area contributed by atoms with E-state index in [0.717, 1.165) is 11.1 Å². The molecule has 94 valence electrons. The second kappa shape index (κ2) is 4.88. The fourth-order valence-electron chi connectivity index (χ4n) is 1.82. The first-order valence-electron chi connectivity index (χ1n) is 5.79. The Balaban J connectivity index is 3.34. The molecule has 0 aliphatic carbocycles. The van der Waals surface area contributed by atoms with Crippen LogP contribution >= 0.6 is 0 Å². The summed E-state index contributed by atoms with van der Waals surface area (Å²) in [6, 6.07) is 3.68. The summed E-state index contributed by atoms with van der Waals surface area (Å²) >= 11 is 0. The van der Waals surface area contributed by atoms with E-state index in [-0.39, 0.29) is 23.5 Å². The van der Waals surface area contributed by atoms with E-state index in [9.17, 15) is 9.90 Å². The maximum Gasteiger partial charge on any atom is 0.180 e. The number of carbonyl (C=O) groups is 1. The first-order valence-corrected chi connectivity index (χ1v) is 5.79. The molecule has 0 saturated heterocycles. The number of Topliss-reactive ketones (excluding diaryl/α,β-unsaturated/α-hetero) is 1. The van der Waals surface area contributed by atoms with Crippen LogP contribution < -0.4 is 5.32 Å². The maximum absolute atomic E-state index is 11.9. The van der Waals surface area contributed by atoms with Gasteiger partial charge in [-0.2, -0.15) is 0 Å². The van der Waals surface area contributed by atoms with Gasteiger partial charge in [0, 0.05) is 5.56 Å². The molecule has 0 saturated carbocycles. The molecule has 1 aromatic rings. The van der Waals surface area contributed by atoms with E-state index < -0.39 is 0 Å². The van der Waals surface area contributed by atoms with E-state index in [2.05, 4.69) is 5.32 Å². The van der Waals surface area contributed by atoms with E-state index in [4.69, 9.17) is 0 Å². The van der Waals surface area contributed by atoms with Gasteiger partial charge in [-0.1, -0.05) is 26.8 Å². The molecule has 17 heavy (non-hydrogen) atoms. The third-order valence-electron chi connectivity index (χ3n) is 2.70. The second-order valence-electron chi connectivity index (χ2n) is 5.41. The highest BCUT2D eigenvalue weighted by Crippen LogP contribution is 2.34. The molecular weight excluding hydrogens is 214 g/mol. The van der Waals surface area contributed by atoms with Gasteiger partial charge in [0.25, 0.3) is 0 Å². The van der Waals surface area contributed by atoms with Crippen LogP contribution in [-0.4, -0.2) is 24.5 Å². The molecule has 2 N–H and O–H groups in total. The van der Waals surface area contributed by atoms with Crippen LogP contribution in [0.2, 0.25) is 0 Å². The lowest BCUT2D eigenvalue weighted by atomic mass is 9.83. The molecule has 3 heteroatoms. The number of ketones is 1. The van der Waals surface area contributed by atoms with Gasteiger partial charge in [0.05, 0.1) is 12.1 Å². The van der Waals surface area contributed by atoms with Gasteiger partial charge in [0.1, 0.15) is 5.75 Å². The zero-order valence-corrected chi connectivity index (χ0v) is 11.2. The van der Waals surface area contributed by atoms with Crippen LogP contribution in [0.15, 0.2) is 12.1 Å². The third kappa shape index (κ3) is 3.07. The number of aryl methyl sites for hydroxylation is 1. The van der Waals surface area contributed by atoms with E-state index in [1.807, 2.05) is 33.8 Å². The topological polar surface area (TPSA) is 49.3 Å². The van der Waals surface area contributed by atoms with Crippen LogP contribution in [0.1, 0.15) is 42.3 Å². The summed E-state index contributed by atoms with van der Waals surface area (Å²) in [6.45, 7) is 8.24. The maximum atomic E-state index is 11.9. The highest BCUT2D eigenvalue weighted by atomic mass is 16.3. The van der Waals surface area contributed by atoms with Gasteiger partial charge >= 0.3 is 0 Å². The predicted molar refractivity (Wildman–Crippen MR) is 69.8 cm³/mol. The lowest BCUT2D eigenvalue weighted by Crippen LogP contribution is -2.20. The molecule has 1 aromatic carbocycles. The van der Waals surface area contributed by atoms with Gasteiger partial charge in [-0.15, -0.1) is 0 Å². The molecular formula is C14H21NO2. The summed E-state index contributed by atoms with van der Waals surface area (Å²) in [5.74, 6) is 0.0301. The van der Waals surface area contributed by atoms with Crippen molar-refractivity contribution in [1.29, 1.82) is 0 Å². The molecule has 0 unspecified atom stereocenters. The largest absolute Gasteiger partial charge is 0.507 e. The van der Waals surface area contributed by atoms with Gasteiger partial charge < -0.3 is 10.4 Å². The van der Waals surface area contributed by atoms with Gasteiger partial charge in [0.15, 0.2) is 5.78 Å². The number of aromatic hydroxyl groups is 1. The van der Waals surface area contributed by atoms with Crippen molar-refractivity contribution in [3.8, 4) is 5.75 Å². The van der Waals surface area contributed by atoms with Crippen molar-refractivity contribution < 1.29 is 9.90 Å². The number of rotatable bonds is 3. The fraction of sp³-hybridized carbons (Fsp3) is 0.500. The normalized spacial score (nSPS) is 11.6. The summed E-state index contributed by atoms with van der Waals surface area (Å²) in [4.78, 5) is 11.9. The van der Waals surface area contributed by atoms with Crippen molar-refractivity contribution in [2.24, 2.45) is 0 Å². The number of nitrogens with one attached hydrogen (secondary N) is 1. The zero-order valence-electron chi connectivity index (χ0n) is 11.2. The van der Waals surface area contributed by atoms with Crippen molar-refractivity contribution in [2.75, 3.05) is 13.6 Å². The Labute approximate surface area is 103 Å². The number of phenols is 1. The number of likely N-dealkylation sites (N-methyl/N-ethyl adjacent to an activating group) is 1. The highest BCUT2D eigenvalue weighted by Gasteiger charge is 2.22. The number of phenolic OH excluding ortho intramolecular Hbond substituents is 1. The predicted octanol–water partition coefficient (Wildman–Crippen LogP) is 2.40. The number of hydrogen-bond donors (Lipinski definition) is 2. The van der Waals surface area contributed by atoms with Crippen molar-refractivity contribution in [2.45, 2.75) is 33.1 Å². The number of hydrogen-bond acceptors (Lipinski definition) is 3. The molecule has 0 radical (unpaired) electrons. The standard InChI is InChI=1S/C14H21NO2/c1-9-6-10(12(16)8-15-5)13(17)11(7-9)14(2,3)4/h6-7,15,17H,8H2,1-5H3. The van der Waals surface area contributed by atoms with Gasteiger partial charge in [0.2, 0.25) is 0 Å². The summed E-state index contributed by atoms with van der Waals surface area (Å²) in [5.41, 5.74) is 2.04. The molecule has 0 bridgehead atoms. The van der Waals surface area contributed by atoms with Crippen molar-refractivity contribution in [3.05, 3.63) is 28.8 Å². The molecule has 0 fully saturated rings. The molecule has 3 nitrogen and oxygen atoms in total. The molecule has 0 atom stereocenters. The summed E-state index contributed by atoms with van der Waals surface area (Å²) < 4.78 is 0. The number of carbonyl (C=O) groups excluding carboxylic acids is 1. The van der Waals surface area contributed by atoms with Crippen LogP contribution in [-0.2, 0) is 5.41 Å². The average molecular weight is 235 g/mol. The molecule has 0 amide bonds. The van der Waals surface area contributed by atoms with Crippen LogP contribution in [0, 0.1) is 6.92 Å². The van der Waals surface area contributed by atoms with Crippen molar-refractivity contribution in [3.63, 3.8) is 0 Å². The van der Waals surface area contributed by atoms with Crippen LogP contribution in [0.5, 0.6) is 5.75 Å². The Morgan fingerprint density at radius 3 is 2.41 bits per heavy atom. The Morgan fingerprint density at radius 2 is 1.94 bits per heavy atom. The van der Waals surface area contributed by atoms with Gasteiger partial charge in [-0.05, 0) is 31.0 Å². The van der Waals surface area contributed by atoms with Crippen molar-refractivity contribution in [1.82, 2.24) is 5.32 Å². The minimum atomic E-state index is -0.176. The monoisotopic (exact) mass is 235 g/mol. The quantitative estimate of drug-likeness (QED) is 0.791. The lowest BCUT2D eigenvalue weighted by Gasteiger charge is -2.22. The fourth-order valence-corrected chi connectivity index (χ4v) is 1.82. The smallest absolute Gasteiger partial charge is 0.180 e. The van der Waals surface area contributed by atoms with Crippen LogP contribution in [0.4, 0.5) is 0 Å². The minimum Gasteiger partial charge on any atom is -0.507 e. The van der Waals surface area contributed by atoms with Gasteiger partial charge in [-0.25, -0.2) is 0 Å². The second-order valence-corrected chi connectivity index (χ2v) is 5.41. The first-order chi connectivity index (χ1) is 7.77. The molecule has 0 heterocycles. The Hall–Kier alpha value is -1.35. The Kier molecular flexibility index (Phi) is 3.94. The van der Waals surface area contributed by atoms with E-state index in [0.29, 0.717) is 5.56 Å². The van der Waals surface area contributed by atoms with E-state index in [1.54, 1.807) is 13.1 Å². The summed E-state index contributed by atoms with van der Waals surface area (Å²) in [6.07, 6.45) is 0. The molecule has 1 rings (SSSR count). The Bertz CT molecular complexity index is 431.